The zero-order chi connectivity index (χ0) is 18.9. The van der Waals surface area contributed by atoms with Gasteiger partial charge in [0.1, 0.15) is 6.61 Å². The van der Waals surface area contributed by atoms with Crippen LogP contribution in [-0.2, 0) is 16.1 Å². The lowest BCUT2D eigenvalue weighted by Gasteiger charge is -2.11. The Morgan fingerprint density at radius 1 is 0.962 bits per heavy atom. The molecule has 1 unspecified atom stereocenters. The summed E-state index contributed by atoms with van der Waals surface area (Å²) in [4.78, 5) is 16.0. The van der Waals surface area contributed by atoms with Gasteiger partial charge in [0.05, 0.1) is 5.92 Å². The van der Waals surface area contributed by atoms with Crippen LogP contribution in [0.4, 0.5) is 0 Å². The largest absolute Gasteiger partial charge is 0.461 e. The smallest absolute Gasteiger partial charge is 0.308 e. The van der Waals surface area contributed by atoms with Gasteiger partial charge in [-0.1, -0.05) is 97.0 Å². The van der Waals surface area contributed by atoms with Crippen LogP contribution in [0.25, 0.3) is 0 Å². The Bertz CT molecular complexity index is 447. The molecule has 3 heteroatoms. The fourth-order valence-corrected chi connectivity index (χ4v) is 3.19. The molecule has 3 nitrogen and oxygen atoms in total. The van der Waals surface area contributed by atoms with Gasteiger partial charge < -0.3 is 4.74 Å². The Kier molecular flexibility index (Phi) is 13.8. The van der Waals surface area contributed by atoms with Gasteiger partial charge in [-0.25, -0.2) is 0 Å². The molecule has 0 aliphatic rings. The molecule has 0 aromatic carbocycles. The summed E-state index contributed by atoms with van der Waals surface area (Å²) >= 11 is 0. The fraction of sp³-hybridized carbons (Fsp3) is 0.739. The SMILES string of the molecule is CCCCCCCCCCCCCCC(C)C(=O)OCc1cccnc1. The van der Waals surface area contributed by atoms with Crippen LogP contribution in [0.1, 0.15) is 103 Å². The van der Waals surface area contributed by atoms with Gasteiger partial charge in [-0.15, -0.1) is 0 Å². The molecule has 0 amide bonds. The number of pyridine rings is 1. The molecular weight excluding hydrogens is 322 g/mol. The van der Waals surface area contributed by atoms with Gasteiger partial charge in [-0.05, 0) is 12.5 Å². The topological polar surface area (TPSA) is 39.2 Å². The molecule has 0 saturated carbocycles. The quantitative estimate of drug-likeness (QED) is 0.239. The summed E-state index contributed by atoms with van der Waals surface area (Å²) in [5.41, 5.74) is 0.943. The van der Waals surface area contributed by atoms with Crippen molar-refractivity contribution in [3.63, 3.8) is 0 Å². The molecule has 148 valence electrons. The second kappa shape index (κ2) is 15.8. The number of ether oxygens (including phenoxy) is 1. The Hall–Kier alpha value is -1.38. The van der Waals surface area contributed by atoms with Crippen molar-refractivity contribution >= 4 is 5.97 Å². The van der Waals surface area contributed by atoms with Crippen molar-refractivity contribution in [3.8, 4) is 0 Å². The molecule has 0 aliphatic heterocycles. The highest BCUT2D eigenvalue weighted by Crippen LogP contribution is 2.15. The maximum absolute atomic E-state index is 12.0. The van der Waals surface area contributed by atoms with Crippen molar-refractivity contribution in [2.75, 3.05) is 0 Å². The second-order valence-corrected chi connectivity index (χ2v) is 7.55. The molecule has 0 fully saturated rings. The lowest BCUT2D eigenvalue weighted by atomic mass is 10.0. The van der Waals surface area contributed by atoms with Crippen LogP contribution in [0.5, 0.6) is 0 Å². The van der Waals surface area contributed by atoms with E-state index in [2.05, 4.69) is 11.9 Å². The van der Waals surface area contributed by atoms with E-state index < -0.39 is 0 Å². The lowest BCUT2D eigenvalue weighted by molar-refractivity contribution is -0.149. The van der Waals surface area contributed by atoms with E-state index in [-0.39, 0.29) is 11.9 Å². The summed E-state index contributed by atoms with van der Waals surface area (Å²) in [6, 6.07) is 3.79. The number of rotatable bonds is 16. The van der Waals surface area contributed by atoms with Gasteiger partial charge in [-0.3, -0.25) is 9.78 Å². The van der Waals surface area contributed by atoms with Crippen molar-refractivity contribution in [1.82, 2.24) is 4.98 Å². The predicted octanol–water partition coefficient (Wildman–Crippen LogP) is 6.85. The van der Waals surface area contributed by atoms with Crippen LogP contribution in [0, 0.1) is 5.92 Å². The number of nitrogens with zero attached hydrogens (tertiary/aromatic N) is 1. The standard InChI is InChI=1S/C23H39NO2/c1-3-4-5-6-7-8-9-10-11-12-13-14-16-21(2)23(25)26-20-22-17-15-18-24-19-22/h15,17-19,21H,3-14,16,20H2,1-2H3. The van der Waals surface area contributed by atoms with E-state index in [0.29, 0.717) is 6.61 Å². The van der Waals surface area contributed by atoms with Gasteiger partial charge in [0.25, 0.3) is 0 Å². The van der Waals surface area contributed by atoms with Crippen LogP contribution in [-0.4, -0.2) is 11.0 Å². The highest BCUT2D eigenvalue weighted by molar-refractivity contribution is 5.71. The molecule has 0 spiro atoms. The summed E-state index contributed by atoms with van der Waals surface area (Å²) < 4.78 is 5.37. The predicted molar refractivity (Wildman–Crippen MR) is 109 cm³/mol. The highest BCUT2D eigenvalue weighted by atomic mass is 16.5. The molecule has 1 heterocycles. The lowest BCUT2D eigenvalue weighted by Crippen LogP contribution is -2.14. The summed E-state index contributed by atoms with van der Waals surface area (Å²) in [7, 11) is 0. The number of unbranched alkanes of at least 4 members (excludes halogenated alkanes) is 11. The van der Waals surface area contributed by atoms with Gasteiger partial charge in [-0.2, -0.15) is 0 Å². The average Bonchev–Trinajstić information content (AvgIpc) is 2.67. The van der Waals surface area contributed by atoms with Crippen LogP contribution in [0.3, 0.4) is 0 Å². The van der Waals surface area contributed by atoms with E-state index in [0.717, 1.165) is 18.4 Å². The number of carbonyl (C=O) groups excluding carboxylic acids is 1. The van der Waals surface area contributed by atoms with E-state index >= 15 is 0 Å². The van der Waals surface area contributed by atoms with E-state index in [1.165, 1.54) is 70.6 Å². The third-order valence-electron chi connectivity index (χ3n) is 5.00. The molecule has 0 radical (unpaired) electrons. The maximum atomic E-state index is 12.0. The number of hydrogen-bond donors (Lipinski definition) is 0. The molecule has 0 aliphatic carbocycles. The number of aromatic nitrogens is 1. The van der Waals surface area contributed by atoms with Crippen LogP contribution >= 0.6 is 0 Å². The molecule has 1 rings (SSSR count). The minimum absolute atomic E-state index is 0.00482. The van der Waals surface area contributed by atoms with Gasteiger partial charge in [0.2, 0.25) is 0 Å². The first-order valence-electron chi connectivity index (χ1n) is 10.8. The zero-order valence-electron chi connectivity index (χ0n) is 17.0. The van der Waals surface area contributed by atoms with Crippen molar-refractivity contribution in [2.45, 2.75) is 104 Å². The van der Waals surface area contributed by atoms with Crippen molar-refractivity contribution in [3.05, 3.63) is 30.1 Å². The van der Waals surface area contributed by atoms with Crippen LogP contribution in [0.2, 0.25) is 0 Å². The molecule has 1 atom stereocenters. The summed E-state index contributed by atoms with van der Waals surface area (Å²) in [5.74, 6) is -0.0910. The number of carbonyl (C=O) groups is 1. The molecule has 0 saturated heterocycles. The molecule has 0 N–H and O–H groups in total. The summed E-state index contributed by atoms with van der Waals surface area (Å²) in [5, 5.41) is 0. The van der Waals surface area contributed by atoms with E-state index in [9.17, 15) is 4.79 Å². The van der Waals surface area contributed by atoms with Crippen LogP contribution in [0.15, 0.2) is 24.5 Å². The molecule has 0 bridgehead atoms. The fourth-order valence-electron chi connectivity index (χ4n) is 3.19. The third-order valence-corrected chi connectivity index (χ3v) is 5.00. The summed E-state index contributed by atoms with van der Waals surface area (Å²) in [6.07, 6.45) is 20.5. The monoisotopic (exact) mass is 361 g/mol. The first-order chi connectivity index (χ1) is 12.7. The van der Waals surface area contributed by atoms with E-state index in [1.54, 1.807) is 12.4 Å². The van der Waals surface area contributed by atoms with Crippen LogP contribution < -0.4 is 0 Å². The Labute approximate surface area is 160 Å². The normalized spacial score (nSPS) is 12.1. The van der Waals surface area contributed by atoms with E-state index in [1.807, 2.05) is 19.1 Å². The number of esters is 1. The Morgan fingerprint density at radius 3 is 2.08 bits per heavy atom. The maximum Gasteiger partial charge on any atom is 0.308 e. The Morgan fingerprint density at radius 2 is 1.54 bits per heavy atom. The van der Waals surface area contributed by atoms with Gasteiger partial charge in [0.15, 0.2) is 0 Å². The van der Waals surface area contributed by atoms with Crippen molar-refractivity contribution in [2.24, 2.45) is 5.92 Å². The van der Waals surface area contributed by atoms with Crippen molar-refractivity contribution < 1.29 is 9.53 Å². The molecule has 1 aromatic rings. The third kappa shape index (κ3) is 12.1. The Balaban J connectivity index is 1.90. The zero-order valence-corrected chi connectivity index (χ0v) is 17.0. The van der Waals surface area contributed by atoms with Crippen molar-refractivity contribution in [1.29, 1.82) is 0 Å². The minimum Gasteiger partial charge on any atom is -0.461 e. The molecule has 26 heavy (non-hydrogen) atoms. The number of hydrogen-bond acceptors (Lipinski definition) is 3. The molecule has 1 aromatic heterocycles. The first kappa shape index (κ1) is 22.7. The van der Waals surface area contributed by atoms with E-state index in [4.69, 9.17) is 4.74 Å². The van der Waals surface area contributed by atoms with Gasteiger partial charge >= 0.3 is 5.97 Å². The first-order valence-corrected chi connectivity index (χ1v) is 10.8. The highest BCUT2D eigenvalue weighted by Gasteiger charge is 2.14. The minimum atomic E-state index is -0.0862. The van der Waals surface area contributed by atoms with Gasteiger partial charge in [0, 0.05) is 18.0 Å². The second-order valence-electron chi connectivity index (χ2n) is 7.55. The average molecular weight is 362 g/mol. The molecular formula is C23H39NO2. The summed E-state index contributed by atoms with van der Waals surface area (Å²) in [6.45, 7) is 4.58.